The first-order chi connectivity index (χ1) is 8.10. The van der Waals surface area contributed by atoms with Crippen LogP contribution < -0.4 is 4.74 Å². The zero-order valence-electron chi connectivity index (χ0n) is 9.46. The fourth-order valence-corrected chi connectivity index (χ4v) is 2.49. The van der Waals surface area contributed by atoms with E-state index in [4.69, 9.17) is 32.7 Å². The third kappa shape index (κ3) is 3.98. The Labute approximate surface area is 114 Å². The summed E-state index contributed by atoms with van der Waals surface area (Å²) in [5, 5.41) is 0.739. The third-order valence-corrected chi connectivity index (χ3v) is 3.89. The van der Waals surface area contributed by atoms with E-state index < -0.39 is 0 Å². The van der Waals surface area contributed by atoms with Crippen LogP contribution in [0.3, 0.4) is 0 Å². The van der Waals surface area contributed by atoms with Crippen LogP contribution in [-0.2, 0) is 9.53 Å². The second kappa shape index (κ2) is 6.99. The maximum Gasteiger partial charge on any atom is 0.316 e. The van der Waals surface area contributed by atoms with E-state index in [-0.39, 0.29) is 11.7 Å². The molecule has 0 bridgehead atoms. The molecular formula is C11H12Cl2O3S. The second-order valence-electron chi connectivity index (χ2n) is 2.99. The number of thioether (sulfide) groups is 1. The number of hydrogen-bond acceptors (Lipinski definition) is 4. The fourth-order valence-electron chi connectivity index (χ4n) is 1.12. The average Bonchev–Trinajstić information content (AvgIpc) is 2.31. The van der Waals surface area contributed by atoms with Crippen molar-refractivity contribution >= 4 is 40.9 Å². The molecule has 3 nitrogen and oxygen atoms in total. The number of carbonyl (C=O) groups is 1. The van der Waals surface area contributed by atoms with Crippen molar-refractivity contribution in [1.82, 2.24) is 0 Å². The van der Waals surface area contributed by atoms with E-state index in [0.29, 0.717) is 22.4 Å². The van der Waals surface area contributed by atoms with Crippen LogP contribution in [0.15, 0.2) is 17.0 Å². The van der Waals surface area contributed by atoms with Gasteiger partial charge in [0.15, 0.2) is 0 Å². The lowest BCUT2D eigenvalue weighted by Gasteiger charge is -2.08. The number of hydrogen-bond donors (Lipinski definition) is 0. The van der Waals surface area contributed by atoms with Crippen molar-refractivity contribution < 1.29 is 14.3 Å². The van der Waals surface area contributed by atoms with E-state index in [1.807, 2.05) is 0 Å². The van der Waals surface area contributed by atoms with Gasteiger partial charge in [0.2, 0.25) is 0 Å². The molecule has 0 N–H and O–H groups in total. The Morgan fingerprint density at radius 3 is 2.65 bits per heavy atom. The highest BCUT2D eigenvalue weighted by Crippen LogP contribution is 2.38. The molecule has 1 aromatic carbocycles. The number of halogens is 2. The molecule has 0 saturated carbocycles. The Bertz CT molecular complexity index is 410. The van der Waals surface area contributed by atoms with Crippen molar-refractivity contribution in [2.75, 3.05) is 19.5 Å². The minimum Gasteiger partial charge on any atom is -0.495 e. The van der Waals surface area contributed by atoms with Gasteiger partial charge in [0.05, 0.1) is 24.5 Å². The molecule has 1 rings (SSSR count). The summed E-state index contributed by atoms with van der Waals surface area (Å²) in [6, 6.07) is 3.47. The summed E-state index contributed by atoms with van der Waals surface area (Å²) in [6.45, 7) is 2.14. The topological polar surface area (TPSA) is 35.5 Å². The van der Waals surface area contributed by atoms with Crippen LogP contribution in [0.2, 0.25) is 10.0 Å². The van der Waals surface area contributed by atoms with Crippen LogP contribution in [0.25, 0.3) is 0 Å². The first-order valence-electron chi connectivity index (χ1n) is 4.90. The minimum atomic E-state index is -0.277. The molecule has 6 heteroatoms. The number of rotatable bonds is 5. The van der Waals surface area contributed by atoms with Crippen LogP contribution >= 0.6 is 35.0 Å². The molecule has 0 heterocycles. The van der Waals surface area contributed by atoms with Crippen molar-refractivity contribution in [2.24, 2.45) is 0 Å². The van der Waals surface area contributed by atoms with Crippen LogP contribution in [0.4, 0.5) is 0 Å². The van der Waals surface area contributed by atoms with Gasteiger partial charge in [0, 0.05) is 4.90 Å². The predicted molar refractivity (Wildman–Crippen MR) is 70.4 cm³/mol. The summed E-state index contributed by atoms with van der Waals surface area (Å²) in [7, 11) is 1.52. The standard InChI is InChI=1S/C11H12Cl2O3S/c1-3-16-9(14)6-17-8-5-4-7(15-2)10(12)11(8)13/h4-5H,3,6H2,1-2H3. The van der Waals surface area contributed by atoms with E-state index in [0.717, 1.165) is 4.90 Å². The quantitative estimate of drug-likeness (QED) is 0.613. The molecular weight excluding hydrogens is 283 g/mol. The number of benzene rings is 1. The zero-order valence-corrected chi connectivity index (χ0v) is 11.8. The van der Waals surface area contributed by atoms with Gasteiger partial charge in [-0.25, -0.2) is 0 Å². The van der Waals surface area contributed by atoms with Gasteiger partial charge in [-0.1, -0.05) is 23.2 Å². The molecule has 0 saturated heterocycles. The molecule has 0 atom stereocenters. The van der Waals surface area contributed by atoms with E-state index in [9.17, 15) is 4.79 Å². The molecule has 17 heavy (non-hydrogen) atoms. The van der Waals surface area contributed by atoms with E-state index in [1.165, 1.54) is 18.9 Å². The molecule has 0 aliphatic heterocycles. The van der Waals surface area contributed by atoms with Gasteiger partial charge in [-0.3, -0.25) is 4.79 Å². The van der Waals surface area contributed by atoms with Gasteiger partial charge in [0.1, 0.15) is 10.8 Å². The number of ether oxygens (including phenoxy) is 2. The normalized spacial score (nSPS) is 10.1. The smallest absolute Gasteiger partial charge is 0.316 e. The first-order valence-corrected chi connectivity index (χ1v) is 6.64. The Kier molecular flexibility index (Phi) is 5.95. The maximum atomic E-state index is 11.2. The lowest BCUT2D eigenvalue weighted by molar-refractivity contribution is -0.139. The van der Waals surface area contributed by atoms with Crippen molar-refractivity contribution in [3.05, 3.63) is 22.2 Å². The fraction of sp³-hybridized carbons (Fsp3) is 0.364. The van der Waals surface area contributed by atoms with Crippen LogP contribution in [0.5, 0.6) is 5.75 Å². The molecule has 0 aromatic heterocycles. The van der Waals surface area contributed by atoms with Gasteiger partial charge in [0.25, 0.3) is 0 Å². The van der Waals surface area contributed by atoms with Crippen molar-refractivity contribution in [2.45, 2.75) is 11.8 Å². The molecule has 1 aromatic rings. The van der Waals surface area contributed by atoms with Gasteiger partial charge in [-0.15, -0.1) is 11.8 Å². The van der Waals surface area contributed by atoms with Crippen molar-refractivity contribution in [1.29, 1.82) is 0 Å². The molecule has 0 aliphatic rings. The molecule has 94 valence electrons. The first kappa shape index (κ1) is 14.5. The van der Waals surface area contributed by atoms with Crippen LogP contribution in [0, 0.1) is 0 Å². The Morgan fingerprint density at radius 1 is 1.35 bits per heavy atom. The lowest BCUT2D eigenvalue weighted by Crippen LogP contribution is -2.06. The SMILES string of the molecule is CCOC(=O)CSc1ccc(OC)c(Cl)c1Cl. The van der Waals surface area contributed by atoms with Crippen LogP contribution in [0.1, 0.15) is 6.92 Å². The highest BCUT2D eigenvalue weighted by molar-refractivity contribution is 8.00. The minimum absolute atomic E-state index is 0.205. The van der Waals surface area contributed by atoms with Gasteiger partial charge >= 0.3 is 5.97 Å². The Balaban J connectivity index is 2.73. The largest absolute Gasteiger partial charge is 0.495 e. The summed E-state index contributed by atoms with van der Waals surface area (Å²) in [5.41, 5.74) is 0. The zero-order chi connectivity index (χ0) is 12.8. The molecule has 0 amide bonds. The monoisotopic (exact) mass is 294 g/mol. The summed E-state index contributed by atoms with van der Waals surface area (Å²) >= 11 is 13.3. The molecule has 0 spiro atoms. The molecule has 0 unspecified atom stereocenters. The third-order valence-electron chi connectivity index (χ3n) is 1.88. The predicted octanol–water partition coefficient (Wildman–Crippen LogP) is 3.66. The maximum absolute atomic E-state index is 11.2. The molecule has 0 fully saturated rings. The average molecular weight is 295 g/mol. The summed E-state index contributed by atoms with van der Waals surface area (Å²) in [5.74, 6) is 0.439. The highest BCUT2D eigenvalue weighted by Gasteiger charge is 2.12. The van der Waals surface area contributed by atoms with Gasteiger partial charge < -0.3 is 9.47 Å². The van der Waals surface area contributed by atoms with Crippen molar-refractivity contribution in [3.63, 3.8) is 0 Å². The Morgan fingerprint density at radius 2 is 2.06 bits per heavy atom. The van der Waals surface area contributed by atoms with Gasteiger partial charge in [-0.2, -0.15) is 0 Å². The number of carbonyl (C=O) groups excluding carboxylic acids is 1. The lowest BCUT2D eigenvalue weighted by atomic mass is 10.3. The van der Waals surface area contributed by atoms with E-state index >= 15 is 0 Å². The highest BCUT2D eigenvalue weighted by atomic mass is 35.5. The number of esters is 1. The second-order valence-corrected chi connectivity index (χ2v) is 4.76. The van der Waals surface area contributed by atoms with E-state index in [1.54, 1.807) is 19.1 Å². The molecule has 0 aliphatic carbocycles. The summed E-state index contributed by atoms with van der Waals surface area (Å²) in [4.78, 5) is 11.9. The summed E-state index contributed by atoms with van der Waals surface area (Å²) in [6.07, 6.45) is 0. The molecule has 0 radical (unpaired) electrons. The van der Waals surface area contributed by atoms with Gasteiger partial charge in [-0.05, 0) is 19.1 Å². The van der Waals surface area contributed by atoms with Crippen molar-refractivity contribution in [3.8, 4) is 5.75 Å². The number of methoxy groups -OCH3 is 1. The van der Waals surface area contributed by atoms with E-state index in [2.05, 4.69) is 0 Å². The Hall–Kier alpha value is -0.580. The summed E-state index contributed by atoms with van der Waals surface area (Å²) < 4.78 is 9.85. The van der Waals surface area contributed by atoms with Crippen LogP contribution in [-0.4, -0.2) is 25.4 Å².